The molecule has 1 fully saturated rings. The van der Waals surface area contributed by atoms with Crippen LogP contribution in [0, 0.1) is 11.3 Å². The Balaban J connectivity index is 1.89. The zero-order valence-corrected chi connectivity index (χ0v) is 10.8. The van der Waals surface area contributed by atoms with E-state index in [0.29, 0.717) is 17.7 Å². The Morgan fingerprint density at radius 1 is 1.41 bits per heavy atom. The van der Waals surface area contributed by atoms with Gasteiger partial charge in [-0.25, -0.2) is 0 Å². The third kappa shape index (κ3) is 3.11. The second kappa shape index (κ2) is 4.55. The Kier molecular flexibility index (Phi) is 3.26. The molecule has 0 saturated heterocycles. The highest BCUT2D eigenvalue weighted by molar-refractivity contribution is 5.82. The fourth-order valence-corrected chi connectivity index (χ4v) is 2.42. The molecular weight excluding hydrogens is 216 g/mol. The van der Waals surface area contributed by atoms with Crippen LogP contribution in [0.1, 0.15) is 45.4 Å². The predicted octanol–water partition coefficient (Wildman–Crippen LogP) is 1.54. The number of hydrogen-bond donors (Lipinski definition) is 0. The molecule has 17 heavy (non-hydrogen) atoms. The summed E-state index contributed by atoms with van der Waals surface area (Å²) in [5, 5.41) is 11.6. The van der Waals surface area contributed by atoms with Crippen LogP contribution in [0.3, 0.4) is 0 Å². The first-order valence-electron chi connectivity index (χ1n) is 6.22. The SMILES string of the molecule is Cn1nnc(CC(=O)C2CCC(C)(C)CC2)n1. The molecule has 0 N–H and O–H groups in total. The zero-order chi connectivity index (χ0) is 12.5. The number of aryl methyl sites for hydroxylation is 1. The van der Waals surface area contributed by atoms with Gasteiger partial charge in [0.25, 0.3) is 0 Å². The van der Waals surface area contributed by atoms with Gasteiger partial charge in [-0.1, -0.05) is 13.8 Å². The number of Topliss-reactive ketones (excluding diaryl/α,β-unsaturated/α-hetero) is 1. The molecule has 5 heteroatoms. The molecule has 0 bridgehead atoms. The van der Waals surface area contributed by atoms with E-state index in [0.717, 1.165) is 25.7 Å². The highest BCUT2D eigenvalue weighted by Crippen LogP contribution is 2.38. The van der Waals surface area contributed by atoms with E-state index in [1.54, 1.807) is 7.05 Å². The first kappa shape index (κ1) is 12.2. The second-order valence-electron chi connectivity index (χ2n) is 5.78. The Morgan fingerprint density at radius 2 is 2.06 bits per heavy atom. The summed E-state index contributed by atoms with van der Waals surface area (Å²) in [5.74, 6) is 1.02. The average molecular weight is 236 g/mol. The molecule has 1 saturated carbocycles. The average Bonchev–Trinajstić information content (AvgIpc) is 2.63. The lowest BCUT2D eigenvalue weighted by Crippen LogP contribution is -2.27. The molecule has 0 aliphatic heterocycles. The summed E-state index contributed by atoms with van der Waals surface area (Å²) in [4.78, 5) is 13.5. The van der Waals surface area contributed by atoms with Gasteiger partial charge in [0.2, 0.25) is 0 Å². The summed E-state index contributed by atoms with van der Waals surface area (Å²) in [6, 6.07) is 0. The van der Waals surface area contributed by atoms with Crippen LogP contribution in [-0.4, -0.2) is 26.0 Å². The summed E-state index contributed by atoms with van der Waals surface area (Å²) in [7, 11) is 1.71. The largest absolute Gasteiger partial charge is 0.299 e. The second-order valence-corrected chi connectivity index (χ2v) is 5.78. The third-order valence-corrected chi connectivity index (χ3v) is 3.68. The molecule has 94 valence electrons. The van der Waals surface area contributed by atoms with E-state index in [9.17, 15) is 4.79 Å². The molecule has 1 heterocycles. The number of nitrogens with zero attached hydrogens (tertiary/aromatic N) is 4. The van der Waals surface area contributed by atoms with Gasteiger partial charge in [-0.05, 0) is 36.3 Å². The molecule has 0 spiro atoms. The quantitative estimate of drug-likeness (QED) is 0.798. The summed E-state index contributed by atoms with van der Waals surface area (Å²) in [6.45, 7) is 4.55. The molecule has 0 unspecified atom stereocenters. The van der Waals surface area contributed by atoms with Crippen LogP contribution in [0.25, 0.3) is 0 Å². The first-order chi connectivity index (χ1) is 7.96. The Labute approximate surface area is 102 Å². The van der Waals surface area contributed by atoms with Crippen molar-refractivity contribution in [2.75, 3.05) is 0 Å². The maximum atomic E-state index is 12.1. The van der Waals surface area contributed by atoms with E-state index in [-0.39, 0.29) is 11.7 Å². The monoisotopic (exact) mass is 236 g/mol. The molecule has 0 aromatic carbocycles. The Morgan fingerprint density at radius 3 is 2.59 bits per heavy atom. The van der Waals surface area contributed by atoms with E-state index in [2.05, 4.69) is 29.3 Å². The number of ketones is 1. The summed E-state index contributed by atoms with van der Waals surface area (Å²) >= 11 is 0. The minimum atomic E-state index is 0.201. The number of tetrazole rings is 1. The fraction of sp³-hybridized carbons (Fsp3) is 0.833. The van der Waals surface area contributed by atoms with E-state index in [1.165, 1.54) is 4.80 Å². The van der Waals surface area contributed by atoms with Crippen LogP contribution < -0.4 is 0 Å². The fourth-order valence-electron chi connectivity index (χ4n) is 2.42. The van der Waals surface area contributed by atoms with Crippen molar-refractivity contribution in [1.29, 1.82) is 0 Å². The van der Waals surface area contributed by atoms with Gasteiger partial charge in [0.05, 0.1) is 13.5 Å². The number of carbonyl (C=O) groups is 1. The lowest BCUT2D eigenvalue weighted by molar-refractivity contribution is -0.123. The summed E-state index contributed by atoms with van der Waals surface area (Å²) in [5.41, 5.74) is 0.404. The maximum Gasteiger partial charge on any atom is 0.182 e. The van der Waals surface area contributed by atoms with Gasteiger partial charge in [-0.15, -0.1) is 10.2 Å². The van der Waals surface area contributed by atoms with Crippen molar-refractivity contribution in [3.63, 3.8) is 0 Å². The van der Waals surface area contributed by atoms with Gasteiger partial charge in [0.15, 0.2) is 5.82 Å². The lowest BCUT2D eigenvalue weighted by atomic mass is 9.72. The maximum absolute atomic E-state index is 12.1. The van der Waals surface area contributed by atoms with Crippen molar-refractivity contribution in [1.82, 2.24) is 20.2 Å². The highest BCUT2D eigenvalue weighted by Gasteiger charge is 2.30. The van der Waals surface area contributed by atoms with Crippen LogP contribution in [0.5, 0.6) is 0 Å². The van der Waals surface area contributed by atoms with Crippen LogP contribution in [0.4, 0.5) is 0 Å². The molecule has 0 amide bonds. The van der Waals surface area contributed by atoms with Gasteiger partial charge in [0, 0.05) is 5.92 Å². The van der Waals surface area contributed by atoms with Gasteiger partial charge in [-0.3, -0.25) is 4.79 Å². The minimum Gasteiger partial charge on any atom is -0.299 e. The smallest absolute Gasteiger partial charge is 0.182 e. The number of carbonyl (C=O) groups excluding carboxylic acids is 1. The van der Waals surface area contributed by atoms with Crippen molar-refractivity contribution >= 4 is 5.78 Å². The summed E-state index contributed by atoms with van der Waals surface area (Å²) < 4.78 is 0. The molecule has 0 radical (unpaired) electrons. The van der Waals surface area contributed by atoms with Crippen molar-refractivity contribution in [2.24, 2.45) is 18.4 Å². The zero-order valence-electron chi connectivity index (χ0n) is 10.8. The van der Waals surface area contributed by atoms with E-state index in [1.807, 2.05) is 0 Å². The topological polar surface area (TPSA) is 60.7 Å². The van der Waals surface area contributed by atoms with Gasteiger partial charge in [-0.2, -0.15) is 4.80 Å². The van der Waals surface area contributed by atoms with E-state index < -0.39 is 0 Å². The number of hydrogen-bond acceptors (Lipinski definition) is 4. The number of rotatable bonds is 3. The van der Waals surface area contributed by atoms with E-state index in [4.69, 9.17) is 0 Å². The molecule has 1 aromatic rings. The number of aromatic nitrogens is 4. The van der Waals surface area contributed by atoms with Crippen molar-refractivity contribution in [3.8, 4) is 0 Å². The van der Waals surface area contributed by atoms with Crippen molar-refractivity contribution in [3.05, 3.63) is 5.82 Å². The molecule has 1 aliphatic rings. The van der Waals surface area contributed by atoms with Gasteiger partial charge >= 0.3 is 0 Å². The normalized spacial score (nSPS) is 20.4. The lowest BCUT2D eigenvalue weighted by Gasteiger charge is -2.33. The van der Waals surface area contributed by atoms with Crippen LogP contribution in [0.15, 0.2) is 0 Å². The van der Waals surface area contributed by atoms with Crippen LogP contribution in [0.2, 0.25) is 0 Å². The molecular formula is C12H20N4O. The van der Waals surface area contributed by atoms with E-state index >= 15 is 0 Å². The van der Waals surface area contributed by atoms with Crippen LogP contribution >= 0.6 is 0 Å². The Bertz CT molecular complexity index is 400. The molecule has 1 aromatic heterocycles. The third-order valence-electron chi connectivity index (χ3n) is 3.68. The van der Waals surface area contributed by atoms with Gasteiger partial charge in [0.1, 0.15) is 5.78 Å². The molecule has 1 aliphatic carbocycles. The minimum absolute atomic E-state index is 0.201. The molecule has 0 atom stereocenters. The van der Waals surface area contributed by atoms with Crippen molar-refractivity contribution in [2.45, 2.75) is 46.0 Å². The highest BCUT2D eigenvalue weighted by atomic mass is 16.1. The van der Waals surface area contributed by atoms with Crippen molar-refractivity contribution < 1.29 is 4.79 Å². The molecule has 5 nitrogen and oxygen atoms in total. The standard InChI is InChI=1S/C12H20N4O/c1-12(2)6-4-9(5-7-12)10(17)8-11-13-15-16(3)14-11/h9H,4-8H2,1-3H3. The van der Waals surface area contributed by atoms with Gasteiger partial charge < -0.3 is 0 Å². The Hall–Kier alpha value is -1.26. The first-order valence-corrected chi connectivity index (χ1v) is 6.22. The predicted molar refractivity (Wildman–Crippen MR) is 63.2 cm³/mol. The van der Waals surface area contributed by atoms with Crippen LogP contribution in [-0.2, 0) is 18.3 Å². The summed E-state index contributed by atoms with van der Waals surface area (Å²) in [6.07, 6.45) is 4.62. The molecule has 2 rings (SSSR count).